The Morgan fingerprint density at radius 3 is 0.740 bits per heavy atom. The van der Waals surface area contributed by atoms with Gasteiger partial charge in [-0.15, -0.1) is 0 Å². The van der Waals surface area contributed by atoms with Gasteiger partial charge in [-0.05, 0) is 167 Å². The van der Waals surface area contributed by atoms with Gasteiger partial charge in [0.15, 0.2) is 12.2 Å². The highest BCUT2D eigenvalue weighted by atomic mass is 31.2. The quantitative estimate of drug-likeness (QED) is 0.0169. The Morgan fingerprint density at radius 1 is 0.269 bits per heavy atom. The van der Waals surface area contributed by atoms with Crippen molar-refractivity contribution in [2.24, 2.45) is 0 Å². The molecule has 0 aromatic heterocycles. The molecule has 0 aliphatic carbocycles. The number of phosphoric acid groups is 2. The average molecular weight is 1490 g/mol. The summed E-state index contributed by atoms with van der Waals surface area (Å²) in [5.74, 6) is -2.30. The molecule has 19 heteroatoms. The number of rotatable bonds is 72. The van der Waals surface area contributed by atoms with E-state index in [-0.39, 0.29) is 25.7 Å². The highest BCUT2D eigenvalue weighted by Gasteiger charge is 2.30. The molecule has 0 radical (unpaired) electrons. The van der Waals surface area contributed by atoms with Gasteiger partial charge in [0.1, 0.15) is 19.3 Å². The van der Waals surface area contributed by atoms with E-state index in [1.807, 2.05) is 0 Å². The summed E-state index contributed by atoms with van der Waals surface area (Å²) in [6.07, 6.45) is 89.1. The summed E-state index contributed by atoms with van der Waals surface area (Å²) < 4.78 is 68.5. The van der Waals surface area contributed by atoms with Crippen molar-refractivity contribution < 1.29 is 80.2 Å². The SMILES string of the molecule is CC/C=C\C/C=C\C/C=C\C/C=C\CCCCC(=O)OCC(COP(=O)(O)OCC(O)COP(=O)(O)OCC(COC(=O)CCCCCCCCC/C=C\C/C=C\C/C=C\CC)OC(=O)CCCCCCCCC/C=C\C/C=C\C/C=C\CC)OC(=O)CCCC/C=C\C/C=C\C/C=C\C/C=C\CC. The molecule has 0 heterocycles. The molecule has 0 bridgehead atoms. The third kappa shape index (κ3) is 74.7. The second kappa shape index (κ2) is 75.6. The lowest BCUT2D eigenvalue weighted by Gasteiger charge is -2.21. The molecular formula is C85H138O17P2. The van der Waals surface area contributed by atoms with Crippen LogP contribution in [0.1, 0.15) is 285 Å². The van der Waals surface area contributed by atoms with Gasteiger partial charge in [0.2, 0.25) is 0 Å². The minimum absolute atomic E-state index is 0.0275. The van der Waals surface area contributed by atoms with Crippen molar-refractivity contribution in [2.75, 3.05) is 39.6 Å². The number of aliphatic hydroxyl groups is 1. The van der Waals surface area contributed by atoms with Crippen LogP contribution in [0, 0.1) is 0 Å². The Labute approximate surface area is 629 Å². The lowest BCUT2D eigenvalue weighted by molar-refractivity contribution is -0.161. The van der Waals surface area contributed by atoms with Crippen LogP contribution in [-0.2, 0) is 65.4 Å². The van der Waals surface area contributed by atoms with Crippen LogP contribution in [0.25, 0.3) is 0 Å². The predicted molar refractivity (Wildman–Crippen MR) is 426 cm³/mol. The Hall–Kier alpha value is -5.58. The number of aliphatic hydroxyl groups excluding tert-OH is 1. The predicted octanol–water partition coefficient (Wildman–Crippen LogP) is 23.0. The number of phosphoric ester groups is 2. The van der Waals surface area contributed by atoms with Gasteiger partial charge in [0.25, 0.3) is 0 Å². The summed E-state index contributed by atoms with van der Waals surface area (Å²) in [6.45, 7) is 4.29. The number of ether oxygens (including phenoxy) is 4. The van der Waals surface area contributed by atoms with Crippen molar-refractivity contribution >= 4 is 39.5 Å². The third-order valence-electron chi connectivity index (χ3n) is 15.7. The monoisotopic (exact) mass is 1490 g/mol. The van der Waals surface area contributed by atoms with E-state index in [2.05, 4.69) is 198 Å². The van der Waals surface area contributed by atoms with Gasteiger partial charge in [-0.2, -0.15) is 0 Å². The summed E-state index contributed by atoms with van der Waals surface area (Å²) >= 11 is 0. The van der Waals surface area contributed by atoms with Crippen LogP contribution in [0.5, 0.6) is 0 Å². The molecule has 0 aromatic carbocycles. The van der Waals surface area contributed by atoms with E-state index < -0.39 is 97.5 Å². The smallest absolute Gasteiger partial charge is 0.462 e. The first-order chi connectivity index (χ1) is 50.7. The molecule has 0 saturated heterocycles. The van der Waals surface area contributed by atoms with Crippen LogP contribution in [-0.4, -0.2) is 96.7 Å². The molecule has 0 rings (SSSR count). The van der Waals surface area contributed by atoms with Crippen molar-refractivity contribution in [1.29, 1.82) is 0 Å². The summed E-state index contributed by atoms with van der Waals surface area (Å²) in [6, 6.07) is 0. The second-order valence-electron chi connectivity index (χ2n) is 25.5. The first-order valence-corrected chi connectivity index (χ1v) is 42.4. The molecule has 590 valence electrons. The topological polar surface area (TPSA) is 237 Å². The van der Waals surface area contributed by atoms with E-state index in [1.54, 1.807) is 0 Å². The molecule has 17 nitrogen and oxygen atoms in total. The largest absolute Gasteiger partial charge is 0.472 e. The fourth-order valence-corrected chi connectivity index (χ4v) is 11.4. The maximum Gasteiger partial charge on any atom is 0.472 e. The number of allylic oxidation sites excluding steroid dienone is 28. The van der Waals surface area contributed by atoms with E-state index in [4.69, 9.17) is 37.0 Å². The lowest BCUT2D eigenvalue weighted by atomic mass is 10.1. The highest BCUT2D eigenvalue weighted by molar-refractivity contribution is 7.47. The number of carbonyl (C=O) groups excluding carboxylic acids is 4. The highest BCUT2D eigenvalue weighted by Crippen LogP contribution is 2.45. The van der Waals surface area contributed by atoms with Gasteiger partial charge in [0, 0.05) is 25.7 Å². The van der Waals surface area contributed by atoms with Crippen molar-refractivity contribution in [3.8, 4) is 0 Å². The van der Waals surface area contributed by atoms with E-state index in [9.17, 15) is 43.2 Å². The van der Waals surface area contributed by atoms with Gasteiger partial charge in [-0.25, -0.2) is 9.13 Å². The van der Waals surface area contributed by atoms with Crippen molar-refractivity contribution in [1.82, 2.24) is 0 Å². The molecule has 104 heavy (non-hydrogen) atoms. The Kier molecular flexibility index (Phi) is 71.6. The molecule has 0 aliphatic rings. The van der Waals surface area contributed by atoms with E-state index >= 15 is 0 Å². The number of carbonyl (C=O) groups is 4. The minimum Gasteiger partial charge on any atom is -0.462 e. The average Bonchev–Trinajstić information content (AvgIpc) is 0.926. The zero-order valence-corrected chi connectivity index (χ0v) is 66.2. The minimum atomic E-state index is -5.01. The van der Waals surface area contributed by atoms with E-state index in [0.29, 0.717) is 32.1 Å². The van der Waals surface area contributed by atoms with E-state index in [0.717, 1.165) is 199 Å². The fourth-order valence-electron chi connectivity index (χ4n) is 9.82. The summed E-state index contributed by atoms with van der Waals surface area (Å²) in [7, 11) is -10.0. The molecular weight excluding hydrogens is 1350 g/mol. The van der Waals surface area contributed by atoms with Gasteiger partial charge in [-0.1, -0.05) is 262 Å². The number of hydrogen-bond acceptors (Lipinski definition) is 15. The van der Waals surface area contributed by atoms with Gasteiger partial charge >= 0.3 is 39.5 Å². The van der Waals surface area contributed by atoms with Crippen molar-refractivity contribution in [3.63, 3.8) is 0 Å². The zero-order valence-electron chi connectivity index (χ0n) is 64.4. The zero-order chi connectivity index (χ0) is 76.0. The first-order valence-electron chi connectivity index (χ1n) is 39.4. The molecule has 0 saturated carbocycles. The molecule has 0 aromatic rings. The van der Waals surface area contributed by atoms with Crippen LogP contribution >= 0.6 is 15.6 Å². The van der Waals surface area contributed by atoms with Gasteiger partial charge in [-0.3, -0.25) is 37.3 Å². The Morgan fingerprint density at radius 2 is 0.471 bits per heavy atom. The third-order valence-corrected chi connectivity index (χ3v) is 17.6. The second-order valence-corrected chi connectivity index (χ2v) is 28.4. The Balaban J connectivity index is 5.46. The molecule has 5 atom stereocenters. The van der Waals surface area contributed by atoms with Crippen LogP contribution in [0.15, 0.2) is 170 Å². The molecule has 0 spiro atoms. The molecule has 5 unspecified atom stereocenters. The van der Waals surface area contributed by atoms with Crippen LogP contribution in [0.3, 0.4) is 0 Å². The van der Waals surface area contributed by atoms with Crippen molar-refractivity contribution in [3.05, 3.63) is 170 Å². The molecule has 0 amide bonds. The molecule has 0 aliphatic heterocycles. The summed E-state index contributed by atoms with van der Waals surface area (Å²) in [5, 5.41) is 10.6. The molecule has 3 N–H and O–H groups in total. The van der Waals surface area contributed by atoms with Crippen LogP contribution in [0.4, 0.5) is 0 Å². The van der Waals surface area contributed by atoms with Gasteiger partial charge in [0.05, 0.1) is 26.4 Å². The van der Waals surface area contributed by atoms with Crippen molar-refractivity contribution in [2.45, 2.75) is 303 Å². The number of unbranched alkanes of at least 4 members (excludes halogenated alkanes) is 18. The normalized spacial score (nSPS) is 14.8. The van der Waals surface area contributed by atoms with E-state index in [1.165, 1.54) is 0 Å². The summed E-state index contributed by atoms with van der Waals surface area (Å²) in [5.41, 5.74) is 0. The van der Waals surface area contributed by atoms with Crippen LogP contribution in [0.2, 0.25) is 0 Å². The number of esters is 4. The van der Waals surface area contributed by atoms with Crippen LogP contribution < -0.4 is 0 Å². The fraction of sp³-hybridized carbons (Fsp3) is 0.624. The Bertz CT molecular complexity index is 2640. The number of hydrogen-bond donors (Lipinski definition) is 3. The van der Waals surface area contributed by atoms with Gasteiger partial charge < -0.3 is 33.8 Å². The molecule has 0 fully saturated rings. The maximum absolute atomic E-state index is 13.1. The summed E-state index contributed by atoms with van der Waals surface area (Å²) in [4.78, 5) is 73.0. The lowest BCUT2D eigenvalue weighted by Crippen LogP contribution is -2.30. The standard InChI is InChI=1S/C85H138O17P2/c1-5-9-13-17-21-25-29-33-37-39-43-46-50-54-58-62-66-70-83(88)96-76-81(102-85(90)72-68-64-60-56-52-48-44-40-38-34-30-26-22-18-14-10-6-2)78-100-104(93,94)98-74-79(86)73-97-103(91,92)99-77-80(101-84(89)71-67-63-59-55-51-47-42-36-32-28-24-20-16-12-8-4)75-95-82(87)69-65-61-57-53-49-45-41-35-31-27-23-19-15-11-7-3/h9-16,21-28,33-38,41-42,49,51,53,55,79-81,86H,5-8,17-20,29-32,39-40,43-48,50,52,54,56-78H2,1-4H3,(H,91,92)(H,93,94)/b13-9-,14-10-,15-11-,16-12-,25-21-,26-22-,27-23-,28-24-,37-33-,38-34-,41-35-,42-36-,53-49-,55-51-. The maximum atomic E-state index is 13.1. The first kappa shape index (κ1) is 98.4.